The van der Waals surface area contributed by atoms with Crippen molar-refractivity contribution in [3.8, 4) is 5.75 Å². The summed E-state index contributed by atoms with van der Waals surface area (Å²) in [4.78, 5) is 30.0. The second-order valence-electron chi connectivity index (χ2n) is 10.5. The van der Waals surface area contributed by atoms with E-state index in [-0.39, 0.29) is 43.6 Å². The van der Waals surface area contributed by atoms with Crippen molar-refractivity contribution < 1.29 is 23.8 Å². The van der Waals surface area contributed by atoms with E-state index in [1.54, 1.807) is 13.2 Å². The van der Waals surface area contributed by atoms with Gasteiger partial charge < -0.3 is 30.2 Å². The first-order valence-electron chi connectivity index (χ1n) is 13.5. The Morgan fingerprint density at radius 2 is 1.82 bits per heavy atom. The SMILES string of the molecule is COc1cc(N)c(Cl)cc1C(=O)N[C@@H]1CCN(CCCCCC(=O)O[C@H]2CN3CCC2CC3)C[C@@H]1OC.S. The van der Waals surface area contributed by atoms with Crippen molar-refractivity contribution in [3.05, 3.63) is 22.7 Å². The fraction of sp³-hybridized carbons (Fsp3) is 0.704. The van der Waals surface area contributed by atoms with Crippen molar-refractivity contribution in [2.24, 2.45) is 5.92 Å². The van der Waals surface area contributed by atoms with Crippen LogP contribution in [0.15, 0.2) is 12.1 Å². The normalized spacial score (nSPS) is 26.9. The first-order valence-corrected chi connectivity index (χ1v) is 13.9. The Labute approximate surface area is 238 Å². The number of unbranched alkanes of at least 4 members (excludes halogenated alkanes) is 2. The van der Waals surface area contributed by atoms with Crippen LogP contribution in [-0.2, 0) is 14.3 Å². The molecular formula is C27H43ClN4O5S. The number of nitrogens with zero attached hydrogens (tertiary/aromatic N) is 2. The summed E-state index contributed by atoms with van der Waals surface area (Å²) in [6.45, 7) is 5.76. The lowest BCUT2D eigenvalue weighted by Crippen LogP contribution is -2.54. The third-order valence-electron chi connectivity index (χ3n) is 8.06. The number of methoxy groups -OCH3 is 2. The standard InChI is InChI=1S/C27H41ClN4O5.H2S/c1-35-23-15-21(29)20(28)14-19(23)27(34)30-22-9-13-31(17-25(22)36-2)10-5-3-4-6-26(33)37-24-16-32-11-7-18(24)8-12-32;/h14-15,18,22,24-25H,3-13,16-17,29H2,1-2H3,(H,30,34);1H2/t22-,24+,25+;/m1./s1. The van der Waals surface area contributed by atoms with Gasteiger partial charge in [-0.2, -0.15) is 13.5 Å². The van der Waals surface area contributed by atoms with Crippen LogP contribution >= 0.6 is 25.1 Å². The van der Waals surface area contributed by atoms with Crippen LogP contribution in [0.25, 0.3) is 0 Å². The van der Waals surface area contributed by atoms with Gasteiger partial charge in [-0.25, -0.2) is 0 Å². The summed E-state index contributed by atoms with van der Waals surface area (Å²) in [7, 11) is 3.17. The van der Waals surface area contributed by atoms with Crippen molar-refractivity contribution in [3.63, 3.8) is 0 Å². The van der Waals surface area contributed by atoms with Crippen LogP contribution in [0.2, 0.25) is 5.02 Å². The van der Waals surface area contributed by atoms with E-state index >= 15 is 0 Å². The Bertz CT molecular complexity index is 946. The molecule has 1 amide bonds. The summed E-state index contributed by atoms with van der Waals surface area (Å²) in [5.41, 5.74) is 6.56. The lowest BCUT2D eigenvalue weighted by Gasteiger charge is -2.43. The van der Waals surface area contributed by atoms with E-state index in [1.807, 2.05) is 0 Å². The van der Waals surface area contributed by atoms with Gasteiger partial charge in [0.25, 0.3) is 5.91 Å². The van der Waals surface area contributed by atoms with E-state index in [9.17, 15) is 9.59 Å². The molecule has 214 valence electrons. The number of nitrogen functional groups attached to an aromatic ring is 1. The van der Waals surface area contributed by atoms with Gasteiger partial charge in [-0.05, 0) is 63.7 Å². The van der Waals surface area contributed by atoms with Gasteiger partial charge in [0, 0.05) is 39.2 Å². The summed E-state index contributed by atoms with van der Waals surface area (Å²) >= 11 is 6.13. The molecule has 0 aromatic heterocycles. The maximum atomic E-state index is 13.0. The van der Waals surface area contributed by atoms with Gasteiger partial charge in [-0.3, -0.25) is 14.5 Å². The van der Waals surface area contributed by atoms with E-state index in [1.165, 1.54) is 13.2 Å². The number of likely N-dealkylation sites (tertiary alicyclic amines) is 1. The number of esters is 1. The van der Waals surface area contributed by atoms with Crippen LogP contribution in [0, 0.1) is 5.92 Å². The molecule has 9 nitrogen and oxygen atoms in total. The highest BCUT2D eigenvalue weighted by molar-refractivity contribution is 7.59. The van der Waals surface area contributed by atoms with Crippen molar-refractivity contribution >= 4 is 42.7 Å². The highest BCUT2D eigenvalue weighted by Crippen LogP contribution is 2.30. The maximum Gasteiger partial charge on any atom is 0.306 e. The zero-order valence-electron chi connectivity index (χ0n) is 22.5. The van der Waals surface area contributed by atoms with E-state index in [0.717, 1.165) is 77.8 Å². The second-order valence-corrected chi connectivity index (χ2v) is 10.9. The molecule has 4 fully saturated rings. The number of anilines is 1. The lowest BCUT2D eigenvalue weighted by molar-refractivity contribution is -0.158. The second kappa shape index (κ2) is 14.6. The Morgan fingerprint density at radius 3 is 2.47 bits per heavy atom. The Morgan fingerprint density at radius 1 is 1.05 bits per heavy atom. The summed E-state index contributed by atoms with van der Waals surface area (Å²) < 4.78 is 16.8. The van der Waals surface area contributed by atoms with Crippen LogP contribution < -0.4 is 15.8 Å². The molecule has 1 aromatic rings. The number of piperidine rings is 4. The number of nitrogens with two attached hydrogens (primary N) is 1. The zero-order chi connectivity index (χ0) is 26.4. The summed E-state index contributed by atoms with van der Waals surface area (Å²) in [5, 5.41) is 3.40. The average Bonchev–Trinajstić information content (AvgIpc) is 2.91. The summed E-state index contributed by atoms with van der Waals surface area (Å²) in [6, 6.07) is 2.98. The van der Waals surface area contributed by atoms with Gasteiger partial charge in [0.05, 0.1) is 35.5 Å². The molecule has 5 rings (SSSR count). The van der Waals surface area contributed by atoms with Crippen molar-refractivity contribution in [2.75, 3.05) is 59.2 Å². The largest absolute Gasteiger partial charge is 0.496 e. The number of nitrogens with one attached hydrogen (secondary N) is 1. The first kappa shape index (κ1) is 30.8. The minimum Gasteiger partial charge on any atom is -0.496 e. The van der Waals surface area contributed by atoms with Crippen molar-refractivity contribution in [1.82, 2.24) is 15.1 Å². The molecule has 0 aliphatic carbocycles. The average molecular weight is 571 g/mol. The number of halogens is 1. The minimum absolute atomic E-state index is 0. The molecule has 4 saturated heterocycles. The number of amides is 1. The van der Waals surface area contributed by atoms with Gasteiger partial charge >= 0.3 is 5.97 Å². The predicted octanol–water partition coefficient (Wildman–Crippen LogP) is 3.06. The molecule has 4 aliphatic rings. The molecule has 11 heteroatoms. The Hall–Kier alpha value is -1.72. The molecule has 0 unspecified atom stereocenters. The molecule has 0 spiro atoms. The first-order chi connectivity index (χ1) is 17.9. The number of benzene rings is 1. The molecule has 0 radical (unpaired) electrons. The van der Waals surface area contributed by atoms with E-state index in [4.69, 9.17) is 31.5 Å². The third-order valence-corrected chi connectivity index (χ3v) is 8.39. The monoisotopic (exact) mass is 570 g/mol. The van der Waals surface area contributed by atoms with Crippen LogP contribution in [0.1, 0.15) is 55.3 Å². The van der Waals surface area contributed by atoms with E-state index in [0.29, 0.717) is 34.4 Å². The van der Waals surface area contributed by atoms with Crippen molar-refractivity contribution in [2.45, 2.75) is 63.2 Å². The Kier molecular flexibility index (Phi) is 11.8. The number of hydrogen-bond donors (Lipinski definition) is 2. The number of carbonyl (C=O) groups excluding carboxylic acids is 2. The molecule has 3 atom stereocenters. The number of rotatable bonds is 11. The quantitative estimate of drug-likeness (QED) is 0.237. The third kappa shape index (κ3) is 7.91. The highest BCUT2D eigenvalue weighted by Gasteiger charge is 2.36. The van der Waals surface area contributed by atoms with Gasteiger partial charge in [0.15, 0.2) is 0 Å². The Balaban J connectivity index is 0.00000400. The van der Waals surface area contributed by atoms with Crippen LogP contribution in [-0.4, -0.2) is 93.4 Å². The van der Waals surface area contributed by atoms with Gasteiger partial charge in [-0.1, -0.05) is 18.0 Å². The predicted molar refractivity (Wildman–Crippen MR) is 153 cm³/mol. The zero-order valence-corrected chi connectivity index (χ0v) is 24.3. The van der Waals surface area contributed by atoms with Gasteiger partial charge in [0.2, 0.25) is 0 Å². The van der Waals surface area contributed by atoms with Crippen LogP contribution in [0.4, 0.5) is 5.69 Å². The van der Waals surface area contributed by atoms with Crippen LogP contribution in [0.3, 0.4) is 0 Å². The lowest BCUT2D eigenvalue weighted by atomic mass is 9.86. The van der Waals surface area contributed by atoms with Crippen LogP contribution in [0.5, 0.6) is 5.75 Å². The fourth-order valence-electron chi connectivity index (χ4n) is 5.80. The summed E-state index contributed by atoms with van der Waals surface area (Å²) in [5.74, 6) is 0.637. The fourth-order valence-corrected chi connectivity index (χ4v) is 5.97. The number of hydrogen-bond acceptors (Lipinski definition) is 8. The molecule has 2 bridgehead atoms. The molecule has 1 aromatic carbocycles. The number of carbonyl (C=O) groups is 2. The molecular weight excluding hydrogens is 528 g/mol. The molecule has 4 aliphatic heterocycles. The molecule has 0 saturated carbocycles. The number of fused-ring (bicyclic) bond motifs is 3. The highest BCUT2D eigenvalue weighted by atomic mass is 35.5. The smallest absolute Gasteiger partial charge is 0.306 e. The van der Waals surface area contributed by atoms with Gasteiger partial charge in [-0.15, -0.1) is 0 Å². The minimum atomic E-state index is -0.260. The van der Waals surface area contributed by atoms with E-state index in [2.05, 4.69) is 15.1 Å². The molecule has 3 N–H and O–H groups in total. The topological polar surface area (TPSA) is 106 Å². The van der Waals surface area contributed by atoms with E-state index < -0.39 is 0 Å². The molecule has 38 heavy (non-hydrogen) atoms. The molecule has 4 heterocycles. The van der Waals surface area contributed by atoms with Crippen molar-refractivity contribution in [1.29, 1.82) is 0 Å². The summed E-state index contributed by atoms with van der Waals surface area (Å²) in [6.07, 6.45) is 6.42. The van der Waals surface area contributed by atoms with Gasteiger partial charge in [0.1, 0.15) is 11.9 Å². The number of ether oxygens (including phenoxy) is 3. The maximum absolute atomic E-state index is 13.0.